The van der Waals surface area contributed by atoms with Gasteiger partial charge in [0.25, 0.3) is 0 Å². The van der Waals surface area contributed by atoms with Gasteiger partial charge in [-0.15, -0.1) is 0 Å². The second-order valence-corrected chi connectivity index (χ2v) is 8.27. The first kappa shape index (κ1) is 14.0. The number of sulfone groups is 1. The van der Waals surface area contributed by atoms with Crippen molar-refractivity contribution in [2.24, 2.45) is 5.41 Å². The second-order valence-electron chi connectivity index (χ2n) is 5.87. The van der Waals surface area contributed by atoms with Crippen LogP contribution in [0.15, 0.2) is 0 Å². The molecule has 96 valence electrons. The van der Waals surface area contributed by atoms with Gasteiger partial charge in [-0.3, -0.25) is 0 Å². The highest BCUT2D eigenvalue weighted by Crippen LogP contribution is 2.37. The molecule has 3 nitrogen and oxygen atoms in total. The first-order valence-corrected chi connectivity index (χ1v) is 8.03. The molecule has 1 aliphatic rings. The molecular weight excluding hydrogens is 222 g/mol. The molecular formula is C12H25NO2S. The average molecular weight is 247 g/mol. The van der Waals surface area contributed by atoms with Gasteiger partial charge in [-0.05, 0) is 31.6 Å². The topological polar surface area (TPSA) is 46.2 Å². The molecule has 1 fully saturated rings. The van der Waals surface area contributed by atoms with Crippen molar-refractivity contribution >= 4 is 9.84 Å². The van der Waals surface area contributed by atoms with Crippen molar-refractivity contribution in [3.8, 4) is 0 Å². The lowest BCUT2D eigenvalue weighted by Crippen LogP contribution is -2.39. The summed E-state index contributed by atoms with van der Waals surface area (Å²) in [7, 11) is -2.85. The third-order valence-corrected chi connectivity index (χ3v) is 5.32. The third-order valence-electron chi connectivity index (χ3n) is 3.43. The lowest BCUT2D eigenvalue weighted by Gasteiger charge is -2.21. The van der Waals surface area contributed by atoms with E-state index in [1.807, 2.05) is 6.92 Å². The Hall–Kier alpha value is -0.0900. The maximum Gasteiger partial charge on any atom is 0.151 e. The number of nitrogens with one attached hydrogen (secondary N) is 1. The molecule has 0 heterocycles. The summed E-state index contributed by atoms with van der Waals surface area (Å²) < 4.78 is 22.9. The fourth-order valence-corrected chi connectivity index (χ4v) is 3.62. The zero-order valence-corrected chi connectivity index (χ0v) is 11.7. The van der Waals surface area contributed by atoms with Gasteiger partial charge in [0.1, 0.15) is 0 Å². The molecule has 0 aromatic rings. The first-order chi connectivity index (χ1) is 7.24. The van der Waals surface area contributed by atoms with Gasteiger partial charge in [-0.2, -0.15) is 0 Å². The Morgan fingerprint density at radius 3 is 2.50 bits per heavy atom. The summed E-state index contributed by atoms with van der Waals surface area (Å²) in [6.45, 7) is 8.24. The predicted octanol–water partition coefficient (Wildman–Crippen LogP) is 1.98. The summed E-state index contributed by atoms with van der Waals surface area (Å²) in [6.07, 6.45) is 3.56. The molecule has 0 saturated heterocycles. The van der Waals surface area contributed by atoms with E-state index in [9.17, 15) is 8.42 Å². The van der Waals surface area contributed by atoms with Crippen LogP contribution in [-0.4, -0.2) is 32.0 Å². The van der Waals surface area contributed by atoms with Crippen LogP contribution >= 0.6 is 0 Å². The monoisotopic (exact) mass is 247 g/mol. The van der Waals surface area contributed by atoms with Gasteiger partial charge < -0.3 is 5.32 Å². The molecule has 0 amide bonds. The molecule has 0 spiro atoms. The summed E-state index contributed by atoms with van der Waals surface area (Å²) in [4.78, 5) is 0. The molecule has 0 aliphatic heterocycles. The molecule has 0 aromatic heterocycles. The van der Waals surface area contributed by atoms with Crippen LogP contribution in [0, 0.1) is 5.41 Å². The van der Waals surface area contributed by atoms with Crippen LogP contribution in [0.2, 0.25) is 0 Å². The molecule has 1 rings (SSSR count). The van der Waals surface area contributed by atoms with Crippen LogP contribution in [0.3, 0.4) is 0 Å². The van der Waals surface area contributed by atoms with Gasteiger partial charge in [-0.25, -0.2) is 8.42 Å². The van der Waals surface area contributed by atoms with E-state index in [1.165, 1.54) is 12.8 Å². The Morgan fingerprint density at radius 2 is 2.06 bits per heavy atom. The number of hydrogen-bond donors (Lipinski definition) is 1. The van der Waals surface area contributed by atoms with Crippen molar-refractivity contribution in [1.29, 1.82) is 0 Å². The summed E-state index contributed by atoms with van der Waals surface area (Å²) in [5.41, 5.74) is 0.418. The Kier molecular flexibility index (Phi) is 4.41. The van der Waals surface area contributed by atoms with Crippen LogP contribution in [0.1, 0.15) is 47.0 Å². The Labute approximate surface area is 99.9 Å². The van der Waals surface area contributed by atoms with Crippen molar-refractivity contribution < 1.29 is 8.42 Å². The standard InChI is InChI=1S/C12H25NO2S/c1-5-16(14,15)9-10(2)13-11-6-7-12(3,4)8-11/h10-11,13H,5-9H2,1-4H3. The van der Waals surface area contributed by atoms with Gasteiger partial charge in [0.15, 0.2) is 9.84 Å². The number of hydrogen-bond acceptors (Lipinski definition) is 3. The van der Waals surface area contributed by atoms with Gasteiger partial charge >= 0.3 is 0 Å². The van der Waals surface area contributed by atoms with E-state index in [2.05, 4.69) is 19.2 Å². The smallest absolute Gasteiger partial charge is 0.151 e. The lowest BCUT2D eigenvalue weighted by atomic mass is 9.92. The fraction of sp³-hybridized carbons (Fsp3) is 1.00. The van der Waals surface area contributed by atoms with E-state index in [1.54, 1.807) is 6.92 Å². The summed E-state index contributed by atoms with van der Waals surface area (Å²) in [5.74, 6) is 0.510. The maximum absolute atomic E-state index is 11.5. The molecule has 0 bridgehead atoms. The molecule has 16 heavy (non-hydrogen) atoms. The zero-order chi connectivity index (χ0) is 12.4. The average Bonchev–Trinajstić information content (AvgIpc) is 2.44. The summed E-state index contributed by atoms with van der Waals surface area (Å²) >= 11 is 0. The molecule has 1 aliphatic carbocycles. The molecule has 2 unspecified atom stereocenters. The van der Waals surface area contributed by atoms with Crippen LogP contribution in [0.5, 0.6) is 0 Å². The normalized spacial score (nSPS) is 26.9. The minimum atomic E-state index is -2.85. The molecule has 0 aromatic carbocycles. The van der Waals surface area contributed by atoms with E-state index >= 15 is 0 Å². The number of rotatable bonds is 5. The van der Waals surface area contributed by atoms with E-state index in [0.717, 1.165) is 6.42 Å². The Balaban J connectivity index is 2.39. The van der Waals surface area contributed by atoms with E-state index in [0.29, 0.717) is 11.5 Å². The summed E-state index contributed by atoms with van der Waals surface area (Å²) in [5, 5.41) is 3.45. The van der Waals surface area contributed by atoms with Gasteiger partial charge in [0, 0.05) is 17.8 Å². The minimum absolute atomic E-state index is 0.0730. The molecule has 0 radical (unpaired) electrons. The zero-order valence-electron chi connectivity index (χ0n) is 10.9. The van der Waals surface area contributed by atoms with E-state index in [4.69, 9.17) is 0 Å². The van der Waals surface area contributed by atoms with Gasteiger partial charge in [0.2, 0.25) is 0 Å². The summed E-state index contributed by atoms with van der Waals surface area (Å²) in [6, 6.07) is 0.570. The van der Waals surface area contributed by atoms with E-state index < -0.39 is 9.84 Å². The van der Waals surface area contributed by atoms with Gasteiger partial charge in [-0.1, -0.05) is 20.8 Å². The maximum atomic E-state index is 11.5. The van der Waals surface area contributed by atoms with Crippen molar-refractivity contribution in [2.45, 2.75) is 59.0 Å². The van der Waals surface area contributed by atoms with Crippen molar-refractivity contribution in [1.82, 2.24) is 5.32 Å². The highest BCUT2D eigenvalue weighted by molar-refractivity contribution is 7.91. The van der Waals surface area contributed by atoms with Crippen molar-refractivity contribution in [3.63, 3.8) is 0 Å². The predicted molar refractivity (Wildman–Crippen MR) is 68.3 cm³/mol. The largest absolute Gasteiger partial charge is 0.310 e. The fourth-order valence-electron chi connectivity index (χ4n) is 2.53. The van der Waals surface area contributed by atoms with Crippen molar-refractivity contribution in [3.05, 3.63) is 0 Å². The SMILES string of the molecule is CCS(=O)(=O)CC(C)NC1CCC(C)(C)C1. The van der Waals surface area contributed by atoms with Crippen LogP contribution in [-0.2, 0) is 9.84 Å². The highest BCUT2D eigenvalue weighted by atomic mass is 32.2. The molecule has 1 saturated carbocycles. The molecule has 2 atom stereocenters. The van der Waals surface area contributed by atoms with Crippen molar-refractivity contribution in [2.75, 3.05) is 11.5 Å². The quantitative estimate of drug-likeness (QED) is 0.808. The third kappa shape index (κ3) is 4.42. The molecule has 1 N–H and O–H groups in total. The van der Waals surface area contributed by atoms with Gasteiger partial charge in [0.05, 0.1) is 5.75 Å². The Bertz CT molecular complexity index is 322. The molecule has 4 heteroatoms. The Morgan fingerprint density at radius 1 is 1.44 bits per heavy atom. The minimum Gasteiger partial charge on any atom is -0.310 e. The van der Waals surface area contributed by atoms with Crippen LogP contribution in [0.4, 0.5) is 0 Å². The van der Waals surface area contributed by atoms with E-state index in [-0.39, 0.29) is 17.5 Å². The van der Waals surface area contributed by atoms with Crippen LogP contribution < -0.4 is 5.32 Å². The first-order valence-electron chi connectivity index (χ1n) is 6.20. The lowest BCUT2D eigenvalue weighted by molar-refractivity contribution is 0.358. The second kappa shape index (κ2) is 5.05. The highest BCUT2D eigenvalue weighted by Gasteiger charge is 2.31. The van der Waals surface area contributed by atoms with Crippen LogP contribution in [0.25, 0.3) is 0 Å².